The molecule has 36 heavy (non-hydrogen) atoms. The number of rotatable bonds is 3. The number of hydrogen-bond acceptors (Lipinski definition) is 5. The van der Waals surface area contributed by atoms with Gasteiger partial charge in [0.15, 0.2) is 5.03 Å². The molecule has 4 rings (SSSR count). The van der Waals surface area contributed by atoms with E-state index in [1.165, 1.54) is 15.8 Å². The largest absolute Gasteiger partial charge is 0.492 e. The van der Waals surface area contributed by atoms with E-state index in [9.17, 15) is 8.42 Å². The Morgan fingerprint density at radius 1 is 0.972 bits per heavy atom. The highest BCUT2D eigenvalue weighted by Gasteiger charge is 2.29. The Morgan fingerprint density at radius 3 is 2.47 bits per heavy atom. The summed E-state index contributed by atoms with van der Waals surface area (Å²) in [4.78, 5) is 2.35. The highest BCUT2D eigenvalue weighted by molar-refractivity contribution is 7.89. The molecule has 2 heterocycles. The molecule has 1 unspecified atom stereocenters. The molecule has 194 valence electrons. The smallest absolute Gasteiger partial charge is 0.260 e. The molecule has 0 N–H and O–H groups in total. The first-order valence-corrected chi connectivity index (χ1v) is 14.1. The summed E-state index contributed by atoms with van der Waals surface area (Å²) in [6, 6.07) is 16.8. The van der Waals surface area contributed by atoms with Crippen LogP contribution in [0.2, 0.25) is 0 Å². The molecular weight excluding hydrogens is 472 g/mol. The Balaban J connectivity index is 1.64. The zero-order valence-electron chi connectivity index (χ0n) is 21.9. The number of sulfonamides is 1. The number of fused-ring (bicyclic) bond motifs is 1. The van der Waals surface area contributed by atoms with Crippen molar-refractivity contribution in [1.29, 1.82) is 0 Å². The van der Waals surface area contributed by atoms with Gasteiger partial charge in [0.25, 0.3) is 10.0 Å². The predicted molar refractivity (Wildman–Crippen MR) is 143 cm³/mol. The topological polar surface area (TPSA) is 67.7 Å². The number of aryl methyl sites for hydroxylation is 3. The lowest BCUT2D eigenvalue weighted by molar-refractivity contribution is 0.252. The van der Waals surface area contributed by atoms with Crippen molar-refractivity contribution in [3.63, 3.8) is 0 Å². The van der Waals surface area contributed by atoms with E-state index in [0.29, 0.717) is 18.0 Å². The van der Waals surface area contributed by atoms with E-state index >= 15 is 0 Å². The van der Waals surface area contributed by atoms with Gasteiger partial charge in [-0.05, 0) is 64.3 Å². The zero-order chi connectivity index (χ0) is 25.7. The van der Waals surface area contributed by atoms with Gasteiger partial charge in [-0.2, -0.15) is 9.40 Å². The maximum absolute atomic E-state index is 13.7. The van der Waals surface area contributed by atoms with E-state index in [1.54, 1.807) is 24.5 Å². The molecule has 1 atom stereocenters. The summed E-state index contributed by atoms with van der Waals surface area (Å²) in [7, 11) is 0.124. The lowest BCUT2D eigenvalue weighted by Crippen LogP contribution is -2.37. The van der Waals surface area contributed by atoms with Gasteiger partial charge >= 0.3 is 0 Å². The van der Waals surface area contributed by atoms with Crippen molar-refractivity contribution in [3.8, 4) is 5.75 Å². The lowest BCUT2D eigenvalue weighted by Gasteiger charge is -2.27. The van der Waals surface area contributed by atoms with Crippen molar-refractivity contribution in [2.24, 2.45) is 7.05 Å². The van der Waals surface area contributed by atoms with Gasteiger partial charge in [-0.3, -0.25) is 4.68 Å². The third-order valence-electron chi connectivity index (χ3n) is 6.98. The summed E-state index contributed by atoms with van der Waals surface area (Å²) >= 11 is 0. The van der Waals surface area contributed by atoms with Crippen molar-refractivity contribution in [3.05, 3.63) is 77.0 Å². The minimum atomic E-state index is -3.71. The summed E-state index contributed by atoms with van der Waals surface area (Å²) < 4.78 is 36.6. The van der Waals surface area contributed by atoms with Gasteiger partial charge in [0.2, 0.25) is 0 Å². The van der Waals surface area contributed by atoms with E-state index in [2.05, 4.69) is 54.3 Å². The third-order valence-corrected chi connectivity index (χ3v) is 9.10. The standard InChI is InChI=1S/C28H38N4O3S/c1-22-12-13-27-26(19-22)21-30(3)16-14-25(24-9-6-5-7-10-24)11-8-15-32(17-18-35-27)36(33,34)28-23(2)20-29-31(28)4/h5-7,9-10,12-13,19-20,25H,8,11,14-18,21H2,1-4H3. The molecule has 0 amide bonds. The molecule has 0 radical (unpaired) electrons. The molecule has 0 bridgehead atoms. The average molecular weight is 511 g/mol. The summed E-state index contributed by atoms with van der Waals surface area (Å²) in [6.07, 6.45) is 4.31. The van der Waals surface area contributed by atoms with Gasteiger partial charge in [-0.25, -0.2) is 8.42 Å². The quantitative estimate of drug-likeness (QED) is 0.519. The number of ether oxygens (including phenoxy) is 1. The fourth-order valence-corrected chi connectivity index (χ4v) is 6.84. The van der Waals surface area contributed by atoms with Crippen molar-refractivity contribution < 1.29 is 13.2 Å². The first-order chi connectivity index (χ1) is 17.3. The van der Waals surface area contributed by atoms with E-state index < -0.39 is 10.0 Å². The molecule has 8 heteroatoms. The van der Waals surface area contributed by atoms with Crippen molar-refractivity contribution in [2.75, 3.05) is 33.3 Å². The second-order valence-corrected chi connectivity index (χ2v) is 11.7. The Labute approximate surface area is 215 Å². The molecule has 0 saturated carbocycles. The Morgan fingerprint density at radius 2 is 1.75 bits per heavy atom. The van der Waals surface area contributed by atoms with Gasteiger partial charge in [-0.1, -0.05) is 48.0 Å². The Hall–Kier alpha value is -2.68. The second kappa shape index (κ2) is 11.6. The normalized spacial score (nSPS) is 19.3. The molecule has 1 aromatic heterocycles. The average Bonchev–Trinajstić information content (AvgIpc) is 3.19. The third kappa shape index (κ3) is 6.17. The van der Waals surface area contributed by atoms with E-state index in [-0.39, 0.29) is 18.2 Å². The van der Waals surface area contributed by atoms with Gasteiger partial charge in [0.05, 0.1) is 6.20 Å². The van der Waals surface area contributed by atoms with E-state index in [4.69, 9.17) is 4.74 Å². The van der Waals surface area contributed by atoms with E-state index in [1.807, 2.05) is 18.2 Å². The molecule has 2 aromatic carbocycles. The number of hydrogen-bond donors (Lipinski definition) is 0. The predicted octanol–water partition coefficient (Wildman–Crippen LogP) is 4.51. The van der Waals surface area contributed by atoms with Gasteiger partial charge < -0.3 is 9.64 Å². The van der Waals surface area contributed by atoms with Crippen LogP contribution in [0.1, 0.15) is 47.4 Å². The molecule has 3 aromatic rings. The van der Waals surface area contributed by atoms with Crippen LogP contribution < -0.4 is 4.74 Å². The fraction of sp³-hybridized carbons (Fsp3) is 0.464. The maximum Gasteiger partial charge on any atom is 0.260 e. The van der Waals surface area contributed by atoms with Crippen LogP contribution in [0.4, 0.5) is 0 Å². The molecule has 0 fully saturated rings. The minimum Gasteiger partial charge on any atom is -0.492 e. The fourth-order valence-electron chi connectivity index (χ4n) is 5.07. The zero-order valence-corrected chi connectivity index (χ0v) is 22.7. The molecule has 0 spiro atoms. The number of aromatic nitrogens is 2. The van der Waals surface area contributed by atoms with Gasteiger partial charge in [0, 0.05) is 37.8 Å². The second-order valence-electron chi connectivity index (χ2n) is 9.90. The molecule has 1 aliphatic rings. The van der Waals surface area contributed by atoms with Crippen LogP contribution in [0.3, 0.4) is 0 Å². The SMILES string of the molecule is Cc1ccc2c(c1)CN(C)CCC(c1ccccc1)CCCN(S(=O)(=O)c1c(C)cnn1C)CCO2. The van der Waals surface area contributed by atoms with Gasteiger partial charge in [0.1, 0.15) is 12.4 Å². The van der Waals surface area contributed by atoms with Crippen LogP contribution >= 0.6 is 0 Å². The molecule has 0 aliphatic carbocycles. The van der Waals surface area contributed by atoms with E-state index in [0.717, 1.165) is 43.7 Å². The first-order valence-electron chi connectivity index (χ1n) is 12.7. The van der Waals surface area contributed by atoms with Crippen molar-refractivity contribution in [1.82, 2.24) is 19.0 Å². The van der Waals surface area contributed by atoms with Crippen LogP contribution in [0.5, 0.6) is 5.75 Å². The number of benzene rings is 2. The highest BCUT2D eigenvalue weighted by atomic mass is 32.2. The molecule has 7 nitrogen and oxygen atoms in total. The van der Waals surface area contributed by atoms with Crippen LogP contribution in [0.25, 0.3) is 0 Å². The minimum absolute atomic E-state index is 0.251. The lowest BCUT2D eigenvalue weighted by atomic mass is 9.91. The van der Waals surface area contributed by atoms with Gasteiger partial charge in [-0.15, -0.1) is 0 Å². The Bertz CT molecular complexity index is 1240. The maximum atomic E-state index is 13.7. The van der Waals surface area contributed by atoms with Crippen molar-refractivity contribution in [2.45, 2.75) is 50.6 Å². The Kier molecular flexibility index (Phi) is 8.49. The number of nitrogens with zero attached hydrogens (tertiary/aromatic N) is 4. The first kappa shape index (κ1) is 26.4. The highest BCUT2D eigenvalue weighted by Crippen LogP contribution is 2.28. The van der Waals surface area contributed by atoms with Crippen molar-refractivity contribution >= 4 is 10.0 Å². The summed E-state index contributed by atoms with van der Waals surface area (Å²) in [5, 5.41) is 4.43. The van der Waals surface area contributed by atoms with Crippen LogP contribution in [0.15, 0.2) is 59.8 Å². The van der Waals surface area contributed by atoms with Crippen LogP contribution in [-0.4, -0.2) is 60.7 Å². The molecule has 1 aliphatic heterocycles. The summed E-state index contributed by atoms with van der Waals surface area (Å²) in [5.74, 6) is 1.19. The molecular formula is C28H38N4O3S. The monoisotopic (exact) mass is 510 g/mol. The van der Waals surface area contributed by atoms with Crippen LogP contribution in [-0.2, 0) is 23.6 Å². The molecule has 0 saturated heterocycles. The summed E-state index contributed by atoms with van der Waals surface area (Å²) in [6.45, 7) is 6.63. The van der Waals surface area contributed by atoms with Crippen LogP contribution in [0, 0.1) is 13.8 Å². The summed E-state index contributed by atoms with van der Waals surface area (Å²) in [5.41, 5.74) is 4.28.